The molecule has 17 heavy (non-hydrogen) atoms. The molecule has 6 nitrogen and oxygen atoms in total. The number of carboxylic acid groups (broad SMARTS) is 1. The number of aryl methyl sites for hydroxylation is 1. The number of carboxylic acids is 1. The van der Waals surface area contributed by atoms with E-state index in [0.717, 1.165) is 10.7 Å². The first-order valence-electron chi connectivity index (χ1n) is 4.86. The summed E-state index contributed by atoms with van der Waals surface area (Å²) >= 11 is 1.20. The van der Waals surface area contributed by atoms with Gasteiger partial charge in [0.2, 0.25) is 0 Å². The van der Waals surface area contributed by atoms with E-state index in [0.29, 0.717) is 5.82 Å². The molecule has 0 atom stereocenters. The molecule has 0 unspecified atom stereocenters. The number of aliphatic carboxylic acids is 1. The predicted molar refractivity (Wildman–Crippen MR) is 62.3 cm³/mol. The van der Waals surface area contributed by atoms with Crippen molar-refractivity contribution in [1.29, 1.82) is 0 Å². The van der Waals surface area contributed by atoms with Crippen LogP contribution in [0.5, 0.6) is 0 Å². The normalized spacial score (nSPS) is 10.4. The summed E-state index contributed by atoms with van der Waals surface area (Å²) in [6.45, 7) is 1.84. The summed E-state index contributed by atoms with van der Waals surface area (Å²) in [6.07, 6.45) is 1.57. The quantitative estimate of drug-likeness (QED) is 0.820. The van der Waals surface area contributed by atoms with Crippen molar-refractivity contribution >= 4 is 17.7 Å². The van der Waals surface area contributed by atoms with Gasteiger partial charge in [-0.3, -0.25) is 4.79 Å². The maximum absolute atomic E-state index is 10.5. The van der Waals surface area contributed by atoms with Crippen LogP contribution in [0.4, 0.5) is 0 Å². The van der Waals surface area contributed by atoms with Gasteiger partial charge in [-0.15, -0.1) is 5.10 Å². The summed E-state index contributed by atoms with van der Waals surface area (Å²) in [5.74, 6) is -0.293. The molecular formula is C10H10N4O2S. The van der Waals surface area contributed by atoms with Gasteiger partial charge in [0.25, 0.3) is 0 Å². The summed E-state index contributed by atoms with van der Waals surface area (Å²) in [7, 11) is 0. The van der Waals surface area contributed by atoms with Crippen molar-refractivity contribution in [3.05, 3.63) is 30.1 Å². The van der Waals surface area contributed by atoms with Gasteiger partial charge in [0.05, 0.1) is 11.4 Å². The second-order valence-corrected chi connectivity index (χ2v) is 4.30. The van der Waals surface area contributed by atoms with Crippen molar-refractivity contribution in [1.82, 2.24) is 20.0 Å². The van der Waals surface area contributed by atoms with Crippen LogP contribution in [-0.4, -0.2) is 36.8 Å². The first kappa shape index (κ1) is 11.6. The van der Waals surface area contributed by atoms with Crippen molar-refractivity contribution in [2.75, 3.05) is 5.75 Å². The summed E-state index contributed by atoms with van der Waals surface area (Å²) in [5, 5.41) is 21.4. The number of thioether (sulfide) groups is 1. The predicted octanol–water partition coefficient (Wildman–Crippen LogP) is 1.15. The Balaban J connectivity index is 2.31. The summed E-state index contributed by atoms with van der Waals surface area (Å²) < 4.78 is 1.59. The third-order valence-electron chi connectivity index (χ3n) is 1.92. The standard InChI is InChI=1S/C10H10N4O2S/c1-7-5-9(17-6-10(15)16)14(13-7)8-3-2-4-11-12-8/h2-5H,6H2,1H3,(H,15,16). The molecule has 7 heteroatoms. The van der Waals surface area contributed by atoms with E-state index in [1.165, 1.54) is 11.8 Å². The van der Waals surface area contributed by atoms with E-state index in [4.69, 9.17) is 5.11 Å². The van der Waals surface area contributed by atoms with Gasteiger partial charge in [-0.25, -0.2) is 4.68 Å². The highest BCUT2D eigenvalue weighted by molar-refractivity contribution is 7.99. The molecule has 0 bridgehead atoms. The minimum atomic E-state index is -0.862. The zero-order chi connectivity index (χ0) is 12.3. The zero-order valence-electron chi connectivity index (χ0n) is 9.07. The molecule has 2 aromatic heterocycles. The van der Waals surface area contributed by atoms with Gasteiger partial charge in [-0.1, -0.05) is 11.8 Å². The lowest BCUT2D eigenvalue weighted by molar-refractivity contribution is -0.133. The van der Waals surface area contributed by atoms with Crippen LogP contribution in [0.1, 0.15) is 5.69 Å². The third-order valence-corrected chi connectivity index (χ3v) is 2.90. The SMILES string of the molecule is Cc1cc(SCC(=O)O)n(-c2cccnn2)n1. The van der Waals surface area contributed by atoms with Gasteiger partial charge >= 0.3 is 5.97 Å². The Labute approximate surface area is 102 Å². The average molecular weight is 250 g/mol. The molecule has 0 saturated heterocycles. The van der Waals surface area contributed by atoms with E-state index in [1.807, 2.05) is 13.0 Å². The fraction of sp³-hybridized carbons (Fsp3) is 0.200. The summed E-state index contributed by atoms with van der Waals surface area (Å²) in [5.41, 5.74) is 0.809. The van der Waals surface area contributed by atoms with Gasteiger partial charge in [0.15, 0.2) is 5.82 Å². The Kier molecular flexibility index (Phi) is 3.38. The van der Waals surface area contributed by atoms with E-state index in [1.54, 1.807) is 23.0 Å². The minimum absolute atomic E-state index is 0.00854. The van der Waals surface area contributed by atoms with Crippen LogP contribution in [0.2, 0.25) is 0 Å². The largest absolute Gasteiger partial charge is 0.481 e. The molecule has 2 aromatic rings. The molecule has 0 radical (unpaired) electrons. The van der Waals surface area contributed by atoms with Crippen molar-refractivity contribution in [3.63, 3.8) is 0 Å². The van der Waals surface area contributed by atoms with E-state index >= 15 is 0 Å². The first-order valence-corrected chi connectivity index (χ1v) is 5.85. The number of nitrogens with zero attached hydrogens (tertiary/aromatic N) is 4. The molecule has 0 aliphatic carbocycles. The lowest BCUT2D eigenvalue weighted by atomic mass is 10.5. The van der Waals surface area contributed by atoms with Gasteiger partial charge < -0.3 is 5.11 Å². The monoisotopic (exact) mass is 250 g/mol. The highest BCUT2D eigenvalue weighted by Crippen LogP contribution is 2.21. The van der Waals surface area contributed by atoms with Crippen LogP contribution >= 0.6 is 11.8 Å². The van der Waals surface area contributed by atoms with E-state index in [-0.39, 0.29) is 5.75 Å². The maximum Gasteiger partial charge on any atom is 0.313 e. The highest BCUT2D eigenvalue weighted by Gasteiger charge is 2.10. The highest BCUT2D eigenvalue weighted by atomic mass is 32.2. The Hall–Kier alpha value is -1.89. The van der Waals surface area contributed by atoms with Crippen molar-refractivity contribution < 1.29 is 9.90 Å². The van der Waals surface area contributed by atoms with Crippen LogP contribution in [0.25, 0.3) is 5.82 Å². The lowest BCUT2D eigenvalue weighted by Crippen LogP contribution is -2.04. The van der Waals surface area contributed by atoms with Crippen molar-refractivity contribution in [2.24, 2.45) is 0 Å². The van der Waals surface area contributed by atoms with E-state index < -0.39 is 5.97 Å². The van der Waals surface area contributed by atoms with Crippen LogP contribution in [0, 0.1) is 6.92 Å². The molecule has 88 valence electrons. The fourth-order valence-electron chi connectivity index (χ4n) is 1.28. The number of hydrogen-bond acceptors (Lipinski definition) is 5. The molecule has 0 fully saturated rings. The fourth-order valence-corrected chi connectivity index (χ4v) is 2.07. The molecule has 1 N–H and O–H groups in total. The second-order valence-electron chi connectivity index (χ2n) is 3.30. The van der Waals surface area contributed by atoms with Gasteiger partial charge in [-0.05, 0) is 25.1 Å². The smallest absolute Gasteiger partial charge is 0.313 e. The van der Waals surface area contributed by atoms with E-state index in [9.17, 15) is 4.79 Å². The van der Waals surface area contributed by atoms with Crippen LogP contribution in [-0.2, 0) is 4.79 Å². The molecule has 0 aliphatic heterocycles. The molecular weight excluding hydrogens is 240 g/mol. The molecule has 2 rings (SSSR count). The Morgan fingerprint density at radius 1 is 1.59 bits per heavy atom. The lowest BCUT2D eigenvalue weighted by Gasteiger charge is -2.03. The molecule has 0 saturated carbocycles. The average Bonchev–Trinajstić information content (AvgIpc) is 2.69. The number of carbonyl (C=O) groups is 1. The topological polar surface area (TPSA) is 80.9 Å². The minimum Gasteiger partial charge on any atom is -0.481 e. The van der Waals surface area contributed by atoms with Crippen molar-refractivity contribution in [2.45, 2.75) is 11.9 Å². The Morgan fingerprint density at radius 2 is 2.41 bits per heavy atom. The maximum atomic E-state index is 10.5. The van der Waals surface area contributed by atoms with Crippen molar-refractivity contribution in [3.8, 4) is 5.82 Å². The van der Waals surface area contributed by atoms with Gasteiger partial charge in [-0.2, -0.15) is 10.2 Å². The number of aromatic nitrogens is 4. The van der Waals surface area contributed by atoms with Crippen LogP contribution in [0.3, 0.4) is 0 Å². The summed E-state index contributed by atoms with van der Waals surface area (Å²) in [6, 6.07) is 5.34. The Bertz CT molecular complexity index is 526. The molecule has 2 heterocycles. The van der Waals surface area contributed by atoms with Gasteiger partial charge in [0, 0.05) is 6.20 Å². The second kappa shape index (κ2) is 4.96. The number of rotatable bonds is 4. The zero-order valence-corrected chi connectivity index (χ0v) is 9.89. The first-order chi connectivity index (χ1) is 8.16. The van der Waals surface area contributed by atoms with Crippen LogP contribution < -0.4 is 0 Å². The molecule has 0 aliphatic rings. The Morgan fingerprint density at radius 3 is 3.06 bits per heavy atom. The molecule has 0 amide bonds. The van der Waals surface area contributed by atoms with E-state index in [2.05, 4.69) is 15.3 Å². The molecule has 0 aromatic carbocycles. The summed E-state index contributed by atoms with van der Waals surface area (Å²) in [4.78, 5) is 10.5. The third kappa shape index (κ3) is 2.82. The molecule has 0 spiro atoms. The number of hydrogen-bond donors (Lipinski definition) is 1. The van der Waals surface area contributed by atoms with Gasteiger partial charge in [0.1, 0.15) is 5.03 Å². The van der Waals surface area contributed by atoms with Crippen LogP contribution in [0.15, 0.2) is 29.4 Å².